The molecule has 0 heterocycles. The van der Waals surface area contributed by atoms with Crippen LogP contribution in [0.3, 0.4) is 0 Å². The number of hydrogen-bond acceptors (Lipinski definition) is 1. The molecule has 0 fully saturated rings. The molecule has 1 nitrogen and oxygen atoms in total. The maximum Gasteiger partial charge on any atom is 0.142 e. The Morgan fingerprint density at radius 1 is 1.09 bits per heavy atom. The lowest BCUT2D eigenvalue weighted by Crippen LogP contribution is -1.77. The van der Waals surface area contributed by atoms with Gasteiger partial charge in [0.05, 0.1) is 0 Å². The summed E-state index contributed by atoms with van der Waals surface area (Å²) in [5.74, 6) is 0.768. The summed E-state index contributed by atoms with van der Waals surface area (Å²) in [5.41, 5.74) is 0. The first-order valence-corrected chi connectivity index (χ1v) is 4.61. The Morgan fingerprint density at radius 3 is 2.45 bits per heavy atom. The van der Waals surface area contributed by atoms with Gasteiger partial charge in [-0.05, 0) is 25.3 Å². The smallest absolute Gasteiger partial charge is 0.142 e. The molecular weight excluding hydrogens is 160 g/mol. The Morgan fingerprint density at radius 2 is 1.82 bits per heavy atom. The van der Waals surface area contributed by atoms with Crippen molar-refractivity contribution < 1.29 is 4.79 Å². The third kappa shape index (κ3) is 9.70. The highest BCUT2D eigenvalue weighted by Gasteiger charge is 1.86. The number of alkyl halides is 1. The van der Waals surface area contributed by atoms with Crippen molar-refractivity contribution in [1.82, 2.24) is 0 Å². The van der Waals surface area contributed by atoms with Crippen LogP contribution >= 0.6 is 11.6 Å². The average Bonchev–Trinajstić information content (AvgIpc) is 2.03. The third-order valence-corrected chi connectivity index (χ3v) is 1.74. The van der Waals surface area contributed by atoms with Gasteiger partial charge in [0, 0.05) is 5.88 Å². The molecule has 0 saturated carbocycles. The fourth-order valence-electron chi connectivity index (χ4n) is 0.862. The Kier molecular flexibility index (Phi) is 9.44. The fraction of sp³-hybridized carbons (Fsp3) is 0.667. The van der Waals surface area contributed by atoms with Crippen molar-refractivity contribution in [2.24, 2.45) is 0 Å². The van der Waals surface area contributed by atoms with E-state index < -0.39 is 0 Å². The van der Waals surface area contributed by atoms with Crippen LogP contribution in [0.2, 0.25) is 0 Å². The number of allylic oxidation sites excluding steroid dienone is 2. The summed E-state index contributed by atoms with van der Waals surface area (Å²) in [4.78, 5) is 9.84. The minimum absolute atomic E-state index is 0.768. The Hall–Kier alpha value is -0.300. The minimum atomic E-state index is 0.768. The van der Waals surface area contributed by atoms with Crippen LogP contribution in [-0.4, -0.2) is 12.2 Å². The lowest BCUT2D eigenvalue weighted by atomic mass is 10.1. The third-order valence-electron chi connectivity index (χ3n) is 1.47. The van der Waals surface area contributed by atoms with Crippen molar-refractivity contribution in [2.75, 3.05) is 5.88 Å². The van der Waals surface area contributed by atoms with Gasteiger partial charge in [0.25, 0.3) is 0 Å². The summed E-state index contributed by atoms with van der Waals surface area (Å²) in [6, 6.07) is 0. The van der Waals surface area contributed by atoms with Gasteiger partial charge in [0.2, 0.25) is 0 Å². The van der Waals surface area contributed by atoms with Crippen molar-refractivity contribution in [1.29, 1.82) is 0 Å². The van der Waals surface area contributed by atoms with Crippen LogP contribution in [0, 0.1) is 0 Å². The van der Waals surface area contributed by atoms with Crippen LogP contribution in [0.15, 0.2) is 12.2 Å². The van der Waals surface area contributed by atoms with E-state index in [1.807, 2.05) is 6.08 Å². The molecular formula is C9H15ClO. The van der Waals surface area contributed by atoms with Crippen LogP contribution in [0.5, 0.6) is 0 Å². The second kappa shape index (κ2) is 9.70. The molecule has 0 aliphatic carbocycles. The fourth-order valence-corrected chi connectivity index (χ4v) is 1.05. The van der Waals surface area contributed by atoms with Crippen LogP contribution in [-0.2, 0) is 4.79 Å². The highest BCUT2D eigenvalue weighted by Crippen LogP contribution is 2.03. The first-order valence-electron chi connectivity index (χ1n) is 4.08. The summed E-state index contributed by atoms with van der Waals surface area (Å²) in [6.07, 6.45) is 10.0. The van der Waals surface area contributed by atoms with Crippen LogP contribution in [0.1, 0.15) is 32.1 Å². The summed E-state index contributed by atoms with van der Waals surface area (Å²) in [6.45, 7) is 0. The molecule has 0 aliphatic heterocycles. The Balaban J connectivity index is 2.90. The van der Waals surface area contributed by atoms with Crippen molar-refractivity contribution in [3.05, 3.63) is 12.2 Å². The molecule has 11 heavy (non-hydrogen) atoms. The van der Waals surface area contributed by atoms with E-state index in [2.05, 4.69) is 0 Å². The largest absolute Gasteiger partial charge is 0.299 e. The van der Waals surface area contributed by atoms with Gasteiger partial charge in [-0.2, -0.15) is 0 Å². The number of rotatable bonds is 7. The number of aldehydes is 1. The maximum absolute atomic E-state index is 9.84. The van der Waals surface area contributed by atoms with Crippen molar-refractivity contribution >= 4 is 17.9 Å². The van der Waals surface area contributed by atoms with Gasteiger partial charge in [-0.1, -0.05) is 18.9 Å². The van der Waals surface area contributed by atoms with Gasteiger partial charge in [-0.15, -0.1) is 11.6 Å². The van der Waals surface area contributed by atoms with Crippen LogP contribution in [0.4, 0.5) is 0 Å². The van der Waals surface area contributed by atoms with Crippen molar-refractivity contribution in [3.8, 4) is 0 Å². The van der Waals surface area contributed by atoms with Gasteiger partial charge in [0.1, 0.15) is 6.29 Å². The molecule has 0 aromatic rings. The SMILES string of the molecule is O=C/C=C\CCCCCCCl. The topological polar surface area (TPSA) is 17.1 Å². The van der Waals surface area contributed by atoms with Gasteiger partial charge in [-0.25, -0.2) is 0 Å². The number of hydrogen-bond donors (Lipinski definition) is 0. The molecule has 0 amide bonds. The van der Waals surface area contributed by atoms with Crippen LogP contribution < -0.4 is 0 Å². The van der Waals surface area contributed by atoms with Crippen molar-refractivity contribution in [2.45, 2.75) is 32.1 Å². The average molecular weight is 175 g/mol. The van der Waals surface area contributed by atoms with Gasteiger partial charge in [-0.3, -0.25) is 4.79 Å². The highest BCUT2D eigenvalue weighted by atomic mass is 35.5. The predicted molar refractivity (Wildman–Crippen MR) is 49.0 cm³/mol. The molecule has 0 unspecified atom stereocenters. The minimum Gasteiger partial charge on any atom is -0.299 e. The number of halogens is 1. The molecule has 0 atom stereocenters. The summed E-state index contributed by atoms with van der Waals surface area (Å²) in [7, 11) is 0. The molecule has 0 aliphatic rings. The lowest BCUT2D eigenvalue weighted by Gasteiger charge is -1.94. The molecule has 0 rings (SSSR count). The summed E-state index contributed by atoms with van der Waals surface area (Å²) in [5, 5.41) is 0. The highest BCUT2D eigenvalue weighted by molar-refractivity contribution is 6.17. The van der Waals surface area contributed by atoms with E-state index in [0.717, 1.165) is 25.0 Å². The molecule has 0 aromatic heterocycles. The zero-order chi connectivity index (χ0) is 8.36. The molecule has 0 saturated heterocycles. The van der Waals surface area contributed by atoms with Crippen LogP contribution in [0.25, 0.3) is 0 Å². The zero-order valence-electron chi connectivity index (χ0n) is 6.76. The first-order chi connectivity index (χ1) is 5.41. The Bertz CT molecular complexity index is 110. The van der Waals surface area contributed by atoms with E-state index in [9.17, 15) is 4.79 Å². The normalized spacial score (nSPS) is 10.6. The number of carbonyl (C=O) groups is 1. The second-order valence-electron chi connectivity index (χ2n) is 2.46. The van der Waals surface area contributed by atoms with E-state index in [1.54, 1.807) is 6.08 Å². The molecule has 0 bridgehead atoms. The van der Waals surface area contributed by atoms with E-state index in [1.165, 1.54) is 19.3 Å². The Labute approximate surface area is 73.4 Å². The maximum atomic E-state index is 9.84. The lowest BCUT2D eigenvalue weighted by molar-refractivity contribution is -0.104. The standard InChI is InChI=1S/C9H15ClO/c10-8-6-4-2-1-3-5-7-9-11/h5,7,9H,1-4,6,8H2/b7-5-. The first kappa shape index (κ1) is 10.7. The number of unbranched alkanes of at least 4 members (excludes halogenated alkanes) is 4. The molecule has 64 valence electrons. The monoisotopic (exact) mass is 174 g/mol. The van der Waals surface area contributed by atoms with Gasteiger partial charge < -0.3 is 0 Å². The number of carbonyl (C=O) groups excluding carboxylic acids is 1. The molecule has 0 radical (unpaired) electrons. The molecule has 0 spiro atoms. The van der Waals surface area contributed by atoms with E-state index >= 15 is 0 Å². The predicted octanol–water partition coefficient (Wildman–Crippen LogP) is 2.93. The summed E-state index contributed by atoms with van der Waals surface area (Å²) < 4.78 is 0. The zero-order valence-corrected chi connectivity index (χ0v) is 7.52. The van der Waals surface area contributed by atoms with Crippen molar-refractivity contribution in [3.63, 3.8) is 0 Å². The molecule has 0 N–H and O–H groups in total. The molecule has 0 aromatic carbocycles. The van der Waals surface area contributed by atoms with Gasteiger partial charge >= 0.3 is 0 Å². The molecule has 2 heteroatoms. The van der Waals surface area contributed by atoms with E-state index in [-0.39, 0.29) is 0 Å². The second-order valence-corrected chi connectivity index (χ2v) is 2.83. The quantitative estimate of drug-likeness (QED) is 0.251. The van der Waals surface area contributed by atoms with E-state index in [0.29, 0.717) is 0 Å². The summed E-state index contributed by atoms with van der Waals surface area (Å²) >= 11 is 5.50. The van der Waals surface area contributed by atoms with Gasteiger partial charge in [0.15, 0.2) is 0 Å². The van der Waals surface area contributed by atoms with E-state index in [4.69, 9.17) is 11.6 Å².